The Morgan fingerprint density at radius 2 is 0.855 bits per heavy atom. The maximum atomic E-state index is 12.7. The van der Waals surface area contributed by atoms with Gasteiger partial charge in [-0.25, -0.2) is 4.57 Å². The van der Waals surface area contributed by atoms with Gasteiger partial charge in [0, 0.05) is 12.8 Å². The van der Waals surface area contributed by atoms with E-state index in [1.165, 1.54) is 154 Å². The molecule has 0 fully saturated rings. The summed E-state index contributed by atoms with van der Waals surface area (Å²) in [5, 5.41) is 8.92. The molecule has 364 valence electrons. The van der Waals surface area contributed by atoms with Crippen LogP contribution in [0.4, 0.5) is 0 Å². The van der Waals surface area contributed by atoms with Gasteiger partial charge in [0.25, 0.3) is 0 Å². The molecule has 0 aliphatic carbocycles. The summed E-state index contributed by atoms with van der Waals surface area (Å²) in [4.78, 5) is 46.2. The summed E-state index contributed by atoms with van der Waals surface area (Å²) in [6, 6.07) is -1.52. The maximum absolute atomic E-state index is 12.7. The standard InChI is InChI=1S/C50H94NO10P/c1-3-5-7-9-11-13-15-17-19-21-23-25-27-29-31-33-35-37-39-41-48(52)58-43-46(44-59-62(56,57)60-45-47(51)50(54)55)61-49(53)42-40-38-36-34-32-30-28-26-24-22-20-18-16-14-12-10-8-6-4-2/h11,13,17,19,46-47H,3-10,12,14-16,18,20-45,51H2,1-2H3,(H,54,55)(H,56,57)/b13-11+,19-17+/t46-,47+/m1/s1. The molecule has 62 heavy (non-hydrogen) atoms. The van der Waals surface area contributed by atoms with E-state index < -0.39 is 51.1 Å². The van der Waals surface area contributed by atoms with Crippen LogP contribution in [-0.4, -0.2) is 59.9 Å². The third kappa shape index (κ3) is 44.6. The lowest BCUT2D eigenvalue weighted by Crippen LogP contribution is -2.34. The van der Waals surface area contributed by atoms with Crippen LogP contribution in [0.3, 0.4) is 0 Å². The molecular weight excluding hydrogens is 806 g/mol. The van der Waals surface area contributed by atoms with Gasteiger partial charge in [0.05, 0.1) is 13.2 Å². The van der Waals surface area contributed by atoms with E-state index in [2.05, 4.69) is 42.7 Å². The van der Waals surface area contributed by atoms with Crippen molar-refractivity contribution in [2.75, 3.05) is 19.8 Å². The lowest BCUT2D eigenvalue weighted by atomic mass is 10.0. The van der Waals surface area contributed by atoms with Crippen molar-refractivity contribution in [1.29, 1.82) is 0 Å². The number of esters is 2. The van der Waals surface area contributed by atoms with Crippen LogP contribution in [0.2, 0.25) is 0 Å². The number of phosphoric acid groups is 1. The molecule has 0 aromatic carbocycles. The Morgan fingerprint density at radius 1 is 0.500 bits per heavy atom. The molecule has 1 unspecified atom stereocenters. The average molecular weight is 900 g/mol. The molecule has 0 saturated carbocycles. The Labute approximate surface area is 379 Å². The van der Waals surface area contributed by atoms with Gasteiger partial charge in [-0.3, -0.25) is 23.4 Å². The van der Waals surface area contributed by atoms with Gasteiger partial charge in [-0.05, 0) is 44.9 Å². The van der Waals surface area contributed by atoms with E-state index in [4.69, 9.17) is 24.8 Å². The molecule has 0 aliphatic heterocycles. The van der Waals surface area contributed by atoms with Crippen LogP contribution in [0, 0.1) is 0 Å². The van der Waals surface area contributed by atoms with Crippen molar-refractivity contribution in [3.05, 3.63) is 24.3 Å². The molecule has 0 aliphatic rings. The number of ether oxygens (including phenoxy) is 2. The number of phosphoric ester groups is 1. The molecule has 0 bridgehead atoms. The zero-order chi connectivity index (χ0) is 45.6. The number of aliphatic carboxylic acids is 1. The summed E-state index contributed by atoms with van der Waals surface area (Å²) in [6.45, 7) is 2.82. The van der Waals surface area contributed by atoms with Crippen LogP contribution >= 0.6 is 7.82 Å². The van der Waals surface area contributed by atoms with Gasteiger partial charge < -0.3 is 25.2 Å². The number of hydrogen-bond acceptors (Lipinski definition) is 9. The van der Waals surface area contributed by atoms with Crippen LogP contribution in [-0.2, 0) is 37.5 Å². The minimum atomic E-state index is -4.72. The van der Waals surface area contributed by atoms with E-state index in [1.54, 1.807) is 0 Å². The van der Waals surface area contributed by atoms with E-state index in [1.807, 2.05) is 0 Å². The summed E-state index contributed by atoms with van der Waals surface area (Å²) in [5.74, 6) is -2.37. The van der Waals surface area contributed by atoms with E-state index in [0.29, 0.717) is 12.8 Å². The zero-order valence-corrected chi connectivity index (χ0v) is 40.6. The molecular formula is C50H94NO10P. The first-order valence-corrected chi connectivity index (χ1v) is 26.9. The first-order chi connectivity index (χ1) is 30.1. The fourth-order valence-electron chi connectivity index (χ4n) is 7.22. The molecule has 0 spiro atoms. The lowest BCUT2D eigenvalue weighted by Gasteiger charge is -2.20. The molecule has 0 rings (SSSR count). The Bertz CT molecular complexity index is 1150. The Kier molecular flexibility index (Phi) is 44.0. The summed E-state index contributed by atoms with van der Waals surface area (Å²) in [6.07, 6.45) is 49.5. The largest absolute Gasteiger partial charge is 0.480 e. The fraction of sp³-hybridized carbons (Fsp3) is 0.860. The number of carboxylic acid groups (broad SMARTS) is 1. The molecule has 11 nitrogen and oxygen atoms in total. The number of rotatable bonds is 48. The second kappa shape index (κ2) is 45.5. The lowest BCUT2D eigenvalue weighted by molar-refractivity contribution is -0.161. The minimum absolute atomic E-state index is 0.165. The van der Waals surface area contributed by atoms with Crippen LogP contribution in [0.15, 0.2) is 24.3 Å². The van der Waals surface area contributed by atoms with Crippen LogP contribution in [0.5, 0.6) is 0 Å². The highest BCUT2D eigenvalue weighted by molar-refractivity contribution is 7.47. The molecule has 4 N–H and O–H groups in total. The predicted octanol–water partition coefficient (Wildman–Crippen LogP) is 14.2. The third-order valence-corrected chi connectivity index (χ3v) is 12.2. The van der Waals surface area contributed by atoms with Gasteiger partial charge in [-0.15, -0.1) is 0 Å². The smallest absolute Gasteiger partial charge is 0.472 e. The first kappa shape index (κ1) is 60.0. The highest BCUT2D eigenvalue weighted by Crippen LogP contribution is 2.43. The third-order valence-electron chi connectivity index (χ3n) is 11.2. The second-order valence-electron chi connectivity index (χ2n) is 17.3. The first-order valence-electron chi connectivity index (χ1n) is 25.4. The highest BCUT2D eigenvalue weighted by Gasteiger charge is 2.28. The minimum Gasteiger partial charge on any atom is -0.480 e. The number of nitrogens with two attached hydrogens (primary N) is 1. The van der Waals surface area contributed by atoms with E-state index >= 15 is 0 Å². The van der Waals surface area contributed by atoms with Crippen LogP contribution in [0.25, 0.3) is 0 Å². The normalized spacial score (nSPS) is 13.7. The molecule has 0 radical (unpaired) electrons. The van der Waals surface area contributed by atoms with Crippen molar-refractivity contribution >= 4 is 25.7 Å². The van der Waals surface area contributed by atoms with Crippen LogP contribution in [0.1, 0.15) is 245 Å². The quantitative estimate of drug-likeness (QED) is 0.0230. The van der Waals surface area contributed by atoms with E-state index in [-0.39, 0.29) is 19.4 Å². The van der Waals surface area contributed by atoms with Gasteiger partial charge in [-0.1, -0.05) is 212 Å². The number of allylic oxidation sites excluding steroid dienone is 4. The molecule has 0 amide bonds. The van der Waals surface area contributed by atoms with E-state index in [0.717, 1.165) is 51.4 Å². The number of hydrogen-bond donors (Lipinski definition) is 3. The number of carbonyl (C=O) groups is 3. The summed E-state index contributed by atoms with van der Waals surface area (Å²) in [5.41, 5.74) is 5.35. The molecule has 0 saturated heterocycles. The average Bonchev–Trinajstić information content (AvgIpc) is 3.25. The predicted molar refractivity (Wildman–Crippen MR) is 254 cm³/mol. The number of carbonyl (C=O) groups excluding carboxylic acids is 2. The van der Waals surface area contributed by atoms with Gasteiger partial charge in [-0.2, -0.15) is 0 Å². The Balaban J connectivity index is 4.23. The van der Waals surface area contributed by atoms with Crippen molar-refractivity contribution in [1.82, 2.24) is 0 Å². The maximum Gasteiger partial charge on any atom is 0.472 e. The monoisotopic (exact) mass is 900 g/mol. The summed E-state index contributed by atoms with van der Waals surface area (Å²) < 4.78 is 32.8. The molecule has 3 atom stereocenters. The van der Waals surface area contributed by atoms with Crippen molar-refractivity contribution in [2.45, 2.75) is 257 Å². The van der Waals surface area contributed by atoms with Gasteiger partial charge in [0.15, 0.2) is 6.10 Å². The van der Waals surface area contributed by atoms with Crippen LogP contribution < -0.4 is 5.73 Å². The summed E-state index contributed by atoms with van der Waals surface area (Å²) in [7, 11) is -4.72. The van der Waals surface area contributed by atoms with Gasteiger partial charge in [0.1, 0.15) is 12.6 Å². The van der Waals surface area contributed by atoms with Crippen molar-refractivity contribution in [3.8, 4) is 0 Å². The van der Waals surface area contributed by atoms with Crippen molar-refractivity contribution in [2.24, 2.45) is 5.73 Å². The molecule has 0 aromatic rings. The second-order valence-corrected chi connectivity index (χ2v) is 18.8. The van der Waals surface area contributed by atoms with Gasteiger partial charge >= 0.3 is 25.7 Å². The van der Waals surface area contributed by atoms with E-state index in [9.17, 15) is 23.8 Å². The zero-order valence-electron chi connectivity index (χ0n) is 39.7. The number of unbranched alkanes of at least 4 members (excludes halogenated alkanes) is 30. The summed E-state index contributed by atoms with van der Waals surface area (Å²) >= 11 is 0. The molecule has 12 heteroatoms. The van der Waals surface area contributed by atoms with Crippen molar-refractivity contribution < 1.29 is 47.5 Å². The molecule has 0 aromatic heterocycles. The highest BCUT2D eigenvalue weighted by atomic mass is 31.2. The Hall–Kier alpha value is -2.04. The topological polar surface area (TPSA) is 172 Å². The Morgan fingerprint density at radius 3 is 1.29 bits per heavy atom. The molecule has 0 heterocycles. The van der Waals surface area contributed by atoms with Crippen molar-refractivity contribution in [3.63, 3.8) is 0 Å². The SMILES string of the molecule is CCCCC/C=C/C/C=C/CCCCCCCCCCCC(=O)OC[C@H](COP(=O)(O)OC[C@H](N)C(=O)O)OC(=O)CCCCCCCCCCCCCCCCCCCCC. The number of carboxylic acids is 1. The fourth-order valence-corrected chi connectivity index (χ4v) is 7.99. The van der Waals surface area contributed by atoms with Gasteiger partial charge in [0.2, 0.25) is 0 Å².